The summed E-state index contributed by atoms with van der Waals surface area (Å²) in [5, 5.41) is 9.72. The molecule has 1 aliphatic rings. The predicted molar refractivity (Wildman–Crippen MR) is 52.0 cm³/mol. The fraction of sp³-hybridized carbons (Fsp3) is 1.00. The van der Waals surface area contributed by atoms with Gasteiger partial charge >= 0.3 is 0 Å². The SMILES string of the molecule is CCC1C(O)CCC1C(C)(C)C. The van der Waals surface area contributed by atoms with Crippen molar-refractivity contribution in [2.45, 2.75) is 53.1 Å². The van der Waals surface area contributed by atoms with Crippen LogP contribution in [0.5, 0.6) is 0 Å². The summed E-state index contributed by atoms with van der Waals surface area (Å²) in [5.41, 5.74) is 0.373. The van der Waals surface area contributed by atoms with Gasteiger partial charge in [-0.25, -0.2) is 0 Å². The van der Waals surface area contributed by atoms with E-state index in [2.05, 4.69) is 27.7 Å². The van der Waals surface area contributed by atoms with Crippen LogP contribution < -0.4 is 0 Å². The van der Waals surface area contributed by atoms with Crippen LogP contribution in [-0.4, -0.2) is 11.2 Å². The molecule has 1 rings (SSSR count). The second-order valence-electron chi connectivity index (χ2n) is 5.19. The molecule has 0 heterocycles. The van der Waals surface area contributed by atoms with E-state index in [1.54, 1.807) is 0 Å². The third kappa shape index (κ3) is 1.82. The normalized spacial score (nSPS) is 37.2. The fourth-order valence-corrected chi connectivity index (χ4v) is 2.68. The van der Waals surface area contributed by atoms with Gasteiger partial charge in [-0.15, -0.1) is 0 Å². The maximum absolute atomic E-state index is 9.72. The van der Waals surface area contributed by atoms with Gasteiger partial charge in [-0.3, -0.25) is 0 Å². The van der Waals surface area contributed by atoms with Gasteiger partial charge in [0.05, 0.1) is 6.10 Å². The van der Waals surface area contributed by atoms with Crippen LogP contribution in [0.1, 0.15) is 47.0 Å². The van der Waals surface area contributed by atoms with Crippen molar-refractivity contribution < 1.29 is 5.11 Å². The van der Waals surface area contributed by atoms with Crippen molar-refractivity contribution in [3.05, 3.63) is 0 Å². The van der Waals surface area contributed by atoms with Crippen molar-refractivity contribution in [1.29, 1.82) is 0 Å². The van der Waals surface area contributed by atoms with Crippen LogP contribution in [0.2, 0.25) is 0 Å². The van der Waals surface area contributed by atoms with Crippen molar-refractivity contribution in [3.8, 4) is 0 Å². The Kier molecular flexibility index (Phi) is 2.82. The first-order valence-electron chi connectivity index (χ1n) is 5.15. The Balaban J connectivity index is 2.67. The van der Waals surface area contributed by atoms with Gasteiger partial charge in [-0.05, 0) is 30.1 Å². The highest BCUT2D eigenvalue weighted by molar-refractivity contribution is 4.89. The van der Waals surface area contributed by atoms with E-state index in [-0.39, 0.29) is 6.10 Å². The minimum atomic E-state index is -0.0285. The molecule has 0 amide bonds. The third-order valence-corrected chi connectivity index (χ3v) is 3.37. The Bertz CT molecular complexity index is 146. The molecule has 1 heteroatoms. The summed E-state index contributed by atoms with van der Waals surface area (Å²) in [7, 11) is 0. The largest absolute Gasteiger partial charge is 0.393 e. The Morgan fingerprint density at radius 3 is 2.17 bits per heavy atom. The summed E-state index contributed by atoms with van der Waals surface area (Å²) in [6.45, 7) is 9.06. The van der Waals surface area contributed by atoms with Crippen molar-refractivity contribution in [1.82, 2.24) is 0 Å². The third-order valence-electron chi connectivity index (χ3n) is 3.37. The van der Waals surface area contributed by atoms with Crippen LogP contribution >= 0.6 is 0 Å². The van der Waals surface area contributed by atoms with Gasteiger partial charge in [-0.2, -0.15) is 0 Å². The van der Waals surface area contributed by atoms with Gasteiger partial charge in [0.2, 0.25) is 0 Å². The standard InChI is InChI=1S/C11H22O/c1-5-8-9(11(2,3)4)6-7-10(8)12/h8-10,12H,5-7H2,1-4H3. The molecule has 0 spiro atoms. The van der Waals surface area contributed by atoms with E-state index in [0.29, 0.717) is 11.3 Å². The average Bonchev–Trinajstić information content (AvgIpc) is 2.29. The van der Waals surface area contributed by atoms with Crippen LogP contribution in [-0.2, 0) is 0 Å². The van der Waals surface area contributed by atoms with Crippen LogP contribution in [0, 0.1) is 17.3 Å². The predicted octanol–water partition coefficient (Wildman–Crippen LogP) is 2.83. The zero-order chi connectivity index (χ0) is 9.35. The van der Waals surface area contributed by atoms with Crippen LogP contribution in [0.25, 0.3) is 0 Å². The monoisotopic (exact) mass is 170 g/mol. The van der Waals surface area contributed by atoms with Crippen molar-refractivity contribution in [2.75, 3.05) is 0 Å². The van der Waals surface area contributed by atoms with E-state index >= 15 is 0 Å². The second-order valence-corrected chi connectivity index (χ2v) is 5.19. The van der Waals surface area contributed by atoms with Gasteiger partial charge in [0.15, 0.2) is 0 Å². The fourth-order valence-electron chi connectivity index (χ4n) is 2.68. The van der Waals surface area contributed by atoms with Crippen LogP contribution in [0.3, 0.4) is 0 Å². The molecule has 0 aromatic heterocycles. The number of hydrogen-bond donors (Lipinski definition) is 1. The van der Waals surface area contributed by atoms with Gasteiger partial charge < -0.3 is 5.11 Å². The molecule has 12 heavy (non-hydrogen) atoms. The second kappa shape index (κ2) is 3.37. The number of rotatable bonds is 1. The summed E-state index contributed by atoms with van der Waals surface area (Å²) >= 11 is 0. The van der Waals surface area contributed by atoms with Gasteiger partial charge in [0.1, 0.15) is 0 Å². The Hall–Kier alpha value is -0.0400. The Labute approximate surface area is 76.2 Å². The lowest BCUT2D eigenvalue weighted by Gasteiger charge is -2.32. The summed E-state index contributed by atoms with van der Waals surface area (Å²) in [6.07, 6.45) is 3.33. The molecule has 1 nitrogen and oxygen atoms in total. The molecule has 0 aromatic rings. The molecule has 3 atom stereocenters. The first-order valence-corrected chi connectivity index (χ1v) is 5.15. The minimum absolute atomic E-state index is 0.0285. The lowest BCUT2D eigenvalue weighted by molar-refractivity contribution is 0.0818. The molecule has 0 aliphatic heterocycles. The van der Waals surface area contributed by atoms with Gasteiger partial charge in [0.25, 0.3) is 0 Å². The first-order chi connectivity index (χ1) is 5.46. The Morgan fingerprint density at radius 1 is 1.25 bits per heavy atom. The number of aliphatic hydroxyl groups is 1. The summed E-state index contributed by atoms with van der Waals surface area (Å²) in [6, 6.07) is 0. The van der Waals surface area contributed by atoms with E-state index in [4.69, 9.17) is 0 Å². The molecular weight excluding hydrogens is 148 g/mol. The quantitative estimate of drug-likeness (QED) is 0.641. The van der Waals surface area contributed by atoms with E-state index < -0.39 is 0 Å². The topological polar surface area (TPSA) is 20.2 Å². The first kappa shape index (κ1) is 10.0. The lowest BCUT2D eigenvalue weighted by Crippen LogP contribution is -2.27. The van der Waals surface area contributed by atoms with E-state index in [1.165, 1.54) is 6.42 Å². The zero-order valence-electron chi connectivity index (χ0n) is 8.80. The molecule has 72 valence electrons. The van der Waals surface area contributed by atoms with Crippen molar-refractivity contribution in [3.63, 3.8) is 0 Å². The highest BCUT2D eigenvalue weighted by Crippen LogP contribution is 2.44. The average molecular weight is 170 g/mol. The Morgan fingerprint density at radius 2 is 1.83 bits per heavy atom. The molecule has 0 aromatic carbocycles. The highest BCUT2D eigenvalue weighted by Gasteiger charge is 2.39. The smallest absolute Gasteiger partial charge is 0.0571 e. The molecule has 3 unspecified atom stereocenters. The van der Waals surface area contributed by atoms with Crippen LogP contribution in [0.15, 0.2) is 0 Å². The highest BCUT2D eigenvalue weighted by atomic mass is 16.3. The lowest BCUT2D eigenvalue weighted by atomic mass is 9.74. The van der Waals surface area contributed by atoms with E-state index in [1.807, 2.05) is 0 Å². The van der Waals surface area contributed by atoms with Crippen LogP contribution in [0.4, 0.5) is 0 Å². The molecule has 0 radical (unpaired) electrons. The van der Waals surface area contributed by atoms with Gasteiger partial charge in [-0.1, -0.05) is 34.1 Å². The van der Waals surface area contributed by atoms with E-state index in [9.17, 15) is 5.11 Å². The maximum Gasteiger partial charge on any atom is 0.0571 e. The van der Waals surface area contributed by atoms with Gasteiger partial charge in [0, 0.05) is 0 Å². The van der Waals surface area contributed by atoms with Crippen molar-refractivity contribution in [2.24, 2.45) is 17.3 Å². The number of hydrogen-bond acceptors (Lipinski definition) is 1. The molecule has 0 bridgehead atoms. The molecule has 1 saturated carbocycles. The van der Waals surface area contributed by atoms with Crippen molar-refractivity contribution >= 4 is 0 Å². The molecule has 0 saturated heterocycles. The zero-order valence-corrected chi connectivity index (χ0v) is 8.80. The molecule has 1 aliphatic carbocycles. The molecule has 1 fully saturated rings. The maximum atomic E-state index is 9.72. The van der Waals surface area contributed by atoms with E-state index in [0.717, 1.165) is 18.8 Å². The molecule has 1 N–H and O–H groups in total. The molecular formula is C11H22O. The summed E-state index contributed by atoms with van der Waals surface area (Å²) in [4.78, 5) is 0. The number of aliphatic hydroxyl groups excluding tert-OH is 1. The summed E-state index contributed by atoms with van der Waals surface area (Å²) in [5.74, 6) is 1.27. The summed E-state index contributed by atoms with van der Waals surface area (Å²) < 4.78 is 0. The minimum Gasteiger partial charge on any atom is -0.393 e.